The summed E-state index contributed by atoms with van der Waals surface area (Å²) in [7, 11) is 0. The third-order valence-electron chi connectivity index (χ3n) is 2.76. The van der Waals surface area contributed by atoms with Crippen LogP contribution < -0.4 is 0 Å². The van der Waals surface area contributed by atoms with Gasteiger partial charge in [-0.25, -0.2) is 0 Å². The first kappa shape index (κ1) is 14.7. The number of aryl methyl sites for hydroxylation is 2. The average Bonchev–Trinajstić information content (AvgIpc) is 2.33. The number of rotatable bonds is 3. The van der Waals surface area contributed by atoms with Gasteiger partial charge in [-0.2, -0.15) is 0 Å². The van der Waals surface area contributed by atoms with Crippen LogP contribution in [0.15, 0.2) is 48.5 Å². The minimum atomic E-state index is -4.12. The van der Waals surface area contributed by atoms with Crippen molar-refractivity contribution < 1.29 is 14.4 Å². The third-order valence-corrected chi connectivity index (χ3v) is 14.0. The van der Waals surface area contributed by atoms with Crippen molar-refractivity contribution >= 4 is 24.5 Å². The van der Waals surface area contributed by atoms with Crippen molar-refractivity contribution in [3.63, 3.8) is 0 Å². The van der Waals surface area contributed by atoms with Crippen molar-refractivity contribution in [2.24, 2.45) is 0 Å². The Morgan fingerprint density at radius 3 is 1.53 bits per heavy atom. The van der Waals surface area contributed by atoms with E-state index in [1.165, 1.54) is 0 Å². The summed E-state index contributed by atoms with van der Waals surface area (Å²) in [5, 5.41) is -4.12. The van der Waals surface area contributed by atoms with Crippen molar-refractivity contribution in [2.45, 2.75) is 13.8 Å². The molecule has 0 unspecified atom stereocenters. The van der Waals surface area contributed by atoms with E-state index in [1.54, 1.807) is 0 Å². The first-order valence-electron chi connectivity index (χ1n) is 5.78. The van der Waals surface area contributed by atoms with E-state index in [4.69, 9.17) is 0 Å². The SMILES string of the molecule is Cc1ccccc1I(c1ccccc1C)P(=O)(O)O. The van der Waals surface area contributed by atoms with Gasteiger partial charge in [-0.15, -0.1) is 0 Å². The molecule has 102 valence electrons. The molecule has 0 aliphatic carbocycles. The second-order valence-corrected chi connectivity index (χ2v) is 15.0. The van der Waals surface area contributed by atoms with Crippen molar-refractivity contribution in [1.82, 2.24) is 0 Å². The van der Waals surface area contributed by atoms with E-state index in [0.29, 0.717) is 0 Å². The van der Waals surface area contributed by atoms with Crippen LogP contribution in [0.3, 0.4) is 0 Å². The van der Waals surface area contributed by atoms with Gasteiger partial charge < -0.3 is 0 Å². The molecule has 0 spiro atoms. The van der Waals surface area contributed by atoms with Gasteiger partial charge in [-0.05, 0) is 0 Å². The zero-order valence-corrected chi connectivity index (χ0v) is 13.8. The zero-order chi connectivity index (χ0) is 14.0. The molecule has 0 radical (unpaired) electrons. The molecule has 0 aromatic heterocycles. The van der Waals surface area contributed by atoms with Crippen LogP contribution in [0.2, 0.25) is 0 Å². The summed E-state index contributed by atoms with van der Waals surface area (Å²) in [4.78, 5) is 19.6. The van der Waals surface area contributed by atoms with E-state index in [9.17, 15) is 14.4 Å². The Kier molecular flexibility index (Phi) is 4.46. The maximum atomic E-state index is 12.0. The van der Waals surface area contributed by atoms with Gasteiger partial charge in [0.1, 0.15) is 0 Å². The molecule has 2 rings (SSSR count). The molecule has 0 saturated heterocycles. The Hall–Kier alpha value is -0.680. The molecule has 0 fully saturated rings. The standard InChI is InChI=1S/C14H16IO3P/c1-11-7-3-5-9-13(11)15(19(16,17)18)14-10-6-4-8-12(14)2/h3-10H,1-2H3,(H2,16,17,18). The summed E-state index contributed by atoms with van der Waals surface area (Å²) >= 11 is -2.76. The van der Waals surface area contributed by atoms with Gasteiger partial charge >= 0.3 is 120 Å². The van der Waals surface area contributed by atoms with Crippen LogP contribution in [0.5, 0.6) is 0 Å². The summed E-state index contributed by atoms with van der Waals surface area (Å²) in [6.45, 7) is 3.82. The van der Waals surface area contributed by atoms with E-state index in [2.05, 4.69) is 0 Å². The Morgan fingerprint density at radius 2 is 1.21 bits per heavy atom. The molecule has 0 saturated carbocycles. The summed E-state index contributed by atoms with van der Waals surface area (Å²) in [5.74, 6) is 0. The topological polar surface area (TPSA) is 57.5 Å². The minimum absolute atomic E-state index is 0.842. The molecule has 0 atom stereocenters. The molecule has 0 heterocycles. The fraction of sp³-hybridized carbons (Fsp3) is 0.143. The Balaban J connectivity index is 2.66. The zero-order valence-electron chi connectivity index (χ0n) is 10.7. The number of benzene rings is 2. The van der Waals surface area contributed by atoms with E-state index >= 15 is 0 Å². The summed E-state index contributed by atoms with van der Waals surface area (Å²) in [6, 6.07) is 15.0. The molecule has 19 heavy (non-hydrogen) atoms. The van der Waals surface area contributed by atoms with Crippen LogP contribution in [-0.2, 0) is 4.57 Å². The van der Waals surface area contributed by atoms with Gasteiger partial charge in [0.25, 0.3) is 0 Å². The monoisotopic (exact) mass is 390 g/mol. The molecule has 0 aliphatic heterocycles. The van der Waals surface area contributed by atoms with Crippen LogP contribution in [0.1, 0.15) is 11.1 Å². The molecule has 2 N–H and O–H groups in total. The molecule has 0 aliphatic rings. The number of halogens is 1. The molecule has 3 nitrogen and oxygen atoms in total. The third kappa shape index (κ3) is 3.26. The normalized spacial score (nSPS) is 12.3. The average molecular weight is 390 g/mol. The summed E-state index contributed by atoms with van der Waals surface area (Å²) in [5.41, 5.74) is 1.92. The fourth-order valence-electron chi connectivity index (χ4n) is 1.85. The maximum absolute atomic E-state index is 12.0. The van der Waals surface area contributed by atoms with Crippen LogP contribution in [-0.4, -0.2) is 9.79 Å². The molecule has 2 aromatic carbocycles. The van der Waals surface area contributed by atoms with E-state index in [0.717, 1.165) is 18.3 Å². The Bertz CT molecular complexity index is 591. The first-order chi connectivity index (χ1) is 8.91. The van der Waals surface area contributed by atoms with Gasteiger partial charge in [-0.1, -0.05) is 0 Å². The van der Waals surface area contributed by atoms with Gasteiger partial charge in [0, 0.05) is 0 Å². The predicted octanol–water partition coefficient (Wildman–Crippen LogP) is 3.94. The molecule has 0 amide bonds. The Morgan fingerprint density at radius 1 is 0.842 bits per heavy atom. The molecular weight excluding hydrogens is 374 g/mol. The molecule has 5 heteroatoms. The fourth-order valence-corrected chi connectivity index (χ4v) is 12.6. The quantitative estimate of drug-likeness (QED) is 0.617. The van der Waals surface area contributed by atoms with Crippen molar-refractivity contribution in [3.05, 3.63) is 66.8 Å². The predicted molar refractivity (Wildman–Crippen MR) is 85.8 cm³/mol. The van der Waals surface area contributed by atoms with Crippen LogP contribution in [0, 0.1) is 21.0 Å². The second kappa shape index (κ2) is 5.75. The van der Waals surface area contributed by atoms with E-state index < -0.39 is 24.5 Å². The van der Waals surface area contributed by atoms with E-state index in [1.807, 2.05) is 62.4 Å². The van der Waals surface area contributed by atoms with Gasteiger partial charge in [0.15, 0.2) is 0 Å². The van der Waals surface area contributed by atoms with Crippen LogP contribution in [0.25, 0.3) is 0 Å². The van der Waals surface area contributed by atoms with Gasteiger partial charge in [0.05, 0.1) is 0 Å². The first-order valence-corrected chi connectivity index (χ1v) is 12.3. The van der Waals surface area contributed by atoms with Crippen LogP contribution >= 0.6 is 24.5 Å². The number of hydrogen-bond donors (Lipinski definition) is 2. The van der Waals surface area contributed by atoms with Gasteiger partial charge in [0.2, 0.25) is 0 Å². The van der Waals surface area contributed by atoms with Gasteiger partial charge in [-0.3, -0.25) is 0 Å². The molecule has 2 aromatic rings. The van der Waals surface area contributed by atoms with Crippen LogP contribution in [0.4, 0.5) is 0 Å². The Labute approximate surface area is 119 Å². The molecule has 0 bridgehead atoms. The van der Waals surface area contributed by atoms with Crippen molar-refractivity contribution in [1.29, 1.82) is 0 Å². The summed E-state index contributed by atoms with van der Waals surface area (Å²) < 4.78 is 13.7. The molecular formula is C14H16IO3P. The van der Waals surface area contributed by atoms with Crippen molar-refractivity contribution in [2.75, 3.05) is 0 Å². The second-order valence-electron chi connectivity index (χ2n) is 4.23. The summed E-state index contributed by atoms with van der Waals surface area (Å²) in [6.07, 6.45) is 0. The van der Waals surface area contributed by atoms with Crippen molar-refractivity contribution in [3.8, 4) is 0 Å². The van der Waals surface area contributed by atoms with E-state index in [-0.39, 0.29) is 0 Å². The number of hydrogen-bond acceptors (Lipinski definition) is 1.